The molecule has 0 amide bonds. The molecule has 1 rings (SSSR count). The topological polar surface area (TPSA) is 73.9 Å². The van der Waals surface area contributed by atoms with Gasteiger partial charge in [0.25, 0.3) is 0 Å². The van der Waals surface area contributed by atoms with Gasteiger partial charge in [0, 0.05) is 19.7 Å². The molecule has 0 aliphatic carbocycles. The van der Waals surface area contributed by atoms with E-state index in [1.54, 1.807) is 19.1 Å². The van der Waals surface area contributed by atoms with Crippen LogP contribution in [0.5, 0.6) is 11.5 Å². The molecule has 19 heavy (non-hydrogen) atoms. The predicted molar refractivity (Wildman–Crippen MR) is 71.2 cm³/mol. The fraction of sp³-hybridized carbons (Fsp3) is 0.500. The Balaban J connectivity index is 3.05. The van der Waals surface area contributed by atoms with E-state index in [4.69, 9.17) is 14.2 Å². The average molecular weight is 289 g/mol. The molecule has 0 heterocycles. The van der Waals surface area contributed by atoms with Crippen LogP contribution in [-0.2, 0) is 14.8 Å². The first-order valence-corrected chi connectivity index (χ1v) is 7.17. The Kier molecular flexibility index (Phi) is 5.59. The van der Waals surface area contributed by atoms with Crippen LogP contribution in [0.1, 0.15) is 6.92 Å². The van der Waals surface area contributed by atoms with Crippen LogP contribution in [0.3, 0.4) is 0 Å². The molecule has 0 radical (unpaired) electrons. The minimum absolute atomic E-state index is 0.0395. The van der Waals surface area contributed by atoms with Crippen molar-refractivity contribution in [2.24, 2.45) is 0 Å². The van der Waals surface area contributed by atoms with Crippen molar-refractivity contribution in [3.05, 3.63) is 18.2 Å². The summed E-state index contributed by atoms with van der Waals surface area (Å²) >= 11 is 0. The van der Waals surface area contributed by atoms with Gasteiger partial charge in [-0.3, -0.25) is 0 Å². The quantitative estimate of drug-likeness (QED) is 0.811. The van der Waals surface area contributed by atoms with Crippen LogP contribution in [0, 0.1) is 0 Å². The van der Waals surface area contributed by atoms with Gasteiger partial charge in [0.05, 0.1) is 20.3 Å². The zero-order valence-electron chi connectivity index (χ0n) is 11.5. The maximum Gasteiger partial charge on any atom is 0.244 e. The largest absolute Gasteiger partial charge is 0.497 e. The summed E-state index contributed by atoms with van der Waals surface area (Å²) in [4.78, 5) is 0.0395. The Labute approximate surface area is 113 Å². The van der Waals surface area contributed by atoms with Crippen LogP contribution < -0.4 is 14.2 Å². The van der Waals surface area contributed by atoms with Crippen LogP contribution in [0.4, 0.5) is 0 Å². The molecule has 0 fully saturated rings. The summed E-state index contributed by atoms with van der Waals surface area (Å²) in [5.74, 6) is 0.708. The number of methoxy groups -OCH3 is 3. The lowest BCUT2D eigenvalue weighted by Gasteiger charge is -2.14. The third-order valence-corrected chi connectivity index (χ3v) is 4.07. The highest BCUT2D eigenvalue weighted by atomic mass is 32.2. The van der Waals surface area contributed by atoms with E-state index in [2.05, 4.69) is 4.72 Å². The van der Waals surface area contributed by atoms with Gasteiger partial charge >= 0.3 is 0 Å². The molecule has 0 aromatic heterocycles. The Morgan fingerprint density at radius 1 is 1.21 bits per heavy atom. The molecule has 1 aromatic carbocycles. The van der Waals surface area contributed by atoms with Crippen LogP contribution >= 0.6 is 0 Å². The molecular formula is C12H19NO5S. The van der Waals surface area contributed by atoms with Crippen LogP contribution in [0.15, 0.2) is 23.1 Å². The van der Waals surface area contributed by atoms with Crippen molar-refractivity contribution >= 4 is 10.0 Å². The van der Waals surface area contributed by atoms with Crippen molar-refractivity contribution in [1.82, 2.24) is 4.72 Å². The van der Waals surface area contributed by atoms with E-state index in [1.807, 2.05) is 0 Å². The number of hydrogen-bond donors (Lipinski definition) is 1. The Morgan fingerprint density at radius 2 is 1.89 bits per heavy atom. The molecule has 0 saturated heterocycles. The first-order valence-electron chi connectivity index (χ1n) is 5.69. The summed E-state index contributed by atoms with van der Waals surface area (Å²) in [5, 5.41) is 0. The number of rotatable bonds is 7. The summed E-state index contributed by atoms with van der Waals surface area (Å²) < 4.78 is 41.9. The van der Waals surface area contributed by atoms with E-state index in [0.29, 0.717) is 5.75 Å². The molecular weight excluding hydrogens is 270 g/mol. The molecule has 0 aliphatic rings. The lowest BCUT2D eigenvalue weighted by Crippen LogP contribution is -2.31. The van der Waals surface area contributed by atoms with Crippen molar-refractivity contribution < 1.29 is 22.6 Å². The highest BCUT2D eigenvalue weighted by molar-refractivity contribution is 7.89. The molecule has 0 spiro atoms. The molecule has 6 nitrogen and oxygen atoms in total. The molecule has 1 aromatic rings. The second kappa shape index (κ2) is 6.74. The second-order valence-electron chi connectivity index (χ2n) is 3.92. The van der Waals surface area contributed by atoms with Gasteiger partial charge < -0.3 is 14.2 Å². The number of sulfonamides is 1. The van der Waals surface area contributed by atoms with Gasteiger partial charge in [-0.05, 0) is 19.1 Å². The van der Waals surface area contributed by atoms with Crippen molar-refractivity contribution in [2.75, 3.05) is 27.9 Å². The first kappa shape index (κ1) is 15.7. The summed E-state index contributed by atoms with van der Waals surface area (Å²) in [6.45, 7) is 1.95. The highest BCUT2D eigenvalue weighted by Crippen LogP contribution is 2.27. The summed E-state index contributed by atoms with van der Waals surface area (Å²) in [6.07, 6.45) is -0.216. The summed E-state index contributed by atoms with van der Waals surface area (Å²) in [6, 6.07) is 4.60. The van der Waals surface area contributed by atoms with Crippen LogP contribution in [0.2, 0.25) is 0 Å². The lowest BCUT2D eigenvalue weighted by atomic mass is 10.3. The van der Waals surface area contributed by atoms with Crippen molar-refractivity contribution in [2.45, 2.75) is 17.9 Å². The zero-order valence-corrected chi connectivity index (χ0v) is 12.3. The maximum absolute atomic E-state index is 12.2. The van der Waals surface area contributed by atoms with E-state index in [0.717, 1.165) is 0 Å². The molecule has 108 valence electrons. The lowest BCUT2D eigenvalue weighted by molar-refractivity contribution is 0.122. The maximum atomic E-state index is 12.2. The van der Waals surface area contributed by atoms with Gasteiger partial charge in [-0.2, -0.15) is 0 Å². The van der Waals surface area contributed by atoms with Crippen LogP contribution in [0.25, 0.3) is 0 Å². The zero-order chi connectivity index (χ0) is 14.5. The van der Waals surface area contributed by atoms with Crippen molar-refractivity contribution in [1.29, 1.82) is 0 Å². The number of ether oxygens (including phenoxy) is 3. The van der Waals surface area contributed by atoms with Crippen LogP contribution in [-0.4, -0.2) is 42.4 Å². The molecule has 0 aliphatic heterocycles. The average Bonchev–Trinajstić information content (AvgIpc) is 2.43. The Morgan fingerprint density at radius 3 is 2.42 bits per heavy atom. The van der Waals surface area contributed by atoms with Crippen molar-refractivity contribution in [3.8, 4) is 11.5 Å². The van der Waals surface area contributed by atoms with Gasteiger partial charge in [-0.25, -0.2) is 13.1 Å². The van der Waals surface area contributed by atoms with Gasteiger partial charge in [-0.1, -0.05) is 0 Å². The first-order chi connectivity index (χ1) is 8.94. The van der Waals surface area contributed by atoms with Gasteiger partial charge in [-0.15, -0.1) is 0 Å². The van der Waals surface area contributed by atoms with E-state index >= 15 is 0 Å². The van der Waals surface area contributed by atoms with Gasteiger partial charge in [0.15, 0.2) is 0 Å². The van der Waals surface area contributed by atoms with Crippen molar-refractivity contribution in [3.63, 3.8) is 0 Å². The normalized spacial score (nSPS) is 13.1. The monoisotopic (exact) mass is 289 g/mol. The van der Waals surface area contributed by atoms with E-state index in [9.17, 15) is 8.42 Å². The predicted octanol–water partition coefficient (Wildman–Crippen LogP) is 1.02. The number of benzene rings is 1. The van der Waals surface area contributed by atoms with Gasteiger partial charge in [0.1, 0.15) is 16.4 Å². The third-order valence-electron chi connectivity index (χ3n) is 2.62. The second-order valence-corrected chi connectivity index (χ2v) is 5.65. The molecule has 1 N–H and O–H groups in total. The summed E-state index contributed by atoms with van der Waals surface area (Å²) in [5.41, 5.74) is 0. The molecule has 1 unspecified atom stereocenters. The van der Waals surface area contributed by atoms with Gasteiger partial charge in [0.2, 0.25) is 10.0 Å². The number of nitrogens with one attached hydrogen (secondary N) is 1. The Bertz CT molecular complexity index is 515. The molecule has 7 heteroatoms. The molecule has 1 atom stereocenters. The fourth-order valence-electron chi connectivity index (χ4n) is 1.38. The van der Waals surface area contributed by atoms with E-state index < -0.39 is 10.0 Å². The SMILES string of the molecule is COc1ccc(OC)c(S(=O)(=O)NCC(C)OC)c1. The molecule has 0 bridgehead atoms. The standard InChI is InChI=1S/C12H19NO5S/c1-9(16-2)8-13-19(14,15)12-7-10(17-3)5-6-11(12)18-4/h5-7,9,13H,8H2,1-4H3. The minimum atomic E-state index is -3.68. The Hall–Kier alpha value is -1.31. The number of hydrogen-bond acceptors (Lipinski definition) is 5. The highest BCUT2D eigenvalue weighted by Gasteiger charge is 2.21. The third kappa shape index (κ3) is 4.09. The fourth-order valence-corrected chi connectivity index (χ4v) is 2.68. The minimum Gasteiger partial charge on any atom is -0.497 e. The summed E-state index contributed by atoms with van der Waals surface area (Å²) in [7, 11) is 0.729. The smallest absolute Gasteiger partial charge is 0.244 e. The van der Waals surface area contributed by atoms with E-state index in [-0.39, 0.29) is 23.3 Å². The van der Waals surface area contributed by atoms with E-state index in [1.165, 1.54) is 27.4 Å². The molecule has 0 saturated carbocycles.